The average molecular weight is 413 g/mol. The lowest BCUT2D eigenvalue weighted by Crippen LogP contribution is -2.51. The second-order valence-electron chi connectivity index (χ2n) is 6.11. The first-order chi connectivity index (χ1) is 12.9. The van der Waals surface area contributed by atoms with Crippen molar-refractivity contribution in [3.8, 4) is 0 Å². The average Bonchev–Trinajstić information content (AvgIpc) is 3.18. The number of furan rings is 1. The van der Waals surface area contributed by atoms with E-state index in [-0.39, 0.29) is 34.1 Å². The summed E-state index contributed by atoms with van der Waals surface area (Å²) in [5.41, 5.74) is 0.540. The number of piperazine rings is 1. The van der Waals surface area contributed by atoms with Crippen molar-refractivity contribution >= 4 is 34.2 Å². The van der Waals surface area contributed by atoms with E-state index in [1.165, 1.54) is 18.4 Å². The molecule has 0 bridgehead atoms. The molecular formula is C18H18ClFN2O4S. The van der Waals surface area contributed by atoms with Crippen LogP contribution >= 0.6 is 11.6 Å². The largest absolute Gasteiger partial charge is 0.459 e. The van der Waals surface area contributed by atoms with Crippen LogP contribution in [0.2, 0.25) is 5.02 Å². The molecule has 1 aliphatic rings. The van der Waals surface area contributed by atoms with Crippen molar-refractivity contribution < 1.29 is 22.6 Å². The Bertz CT molecular complexity index is 851. The summed E-state index contributed by atoms with van der Waals surface area (Å²) in [7, 11) is -1.46. The van der Waals surface area contributed by atoms with Gasteiger partial charge in [-0.3, -0.25) is 13.8 Å². The van der Waals surface area contributed by atoms with Crippen molar-refractivity contribution in [2.45, 2.75) is 5.75 Å². The van der Waals surface area contributed by atoms with E-state index >= 15 is 0 Å². The molecule has 6 nitrogen and oxygen atoms in total. The topological polar surface area (TPSA) is 70.8 Å². The molecule has 0 saturated carbocycles. The lowest BCUT2D eigenvalue weighted by atomic mass is 10.2. The molecule has 0 N–H and O–H groups in total. The minimum Gasteiger partial charge on any atom is -0.459 e. The molecule has 1 aromatic carbocycles. The number of nitrogens with zero attached hydrogens (tertiary/aromatic N) is 2. The first kappa shape index (κ1) is 19.6. The van der Waals surface area contributed by atoms with Gasteiger partial charge in [-0.05, 0) is 29.8 Å². The standard InChI is InChI=1S/C18H18ClFN2O4S/c19-15-10-14(20)4-3-13(15)11-27(25)12-17(23)21-5-7-22(8-6-21)18(24)16-2-1-9-26-16/h1-4,9-10H,5-8,11-12H2/t27-/m1/s1. The third-order valence-corrected chi connectivity index (χ3v) is 5.82. The second kappa shape index (κ2) is 8.67. The Kier molecular flexibility index (Phi) is 6.28. The Morgan fingerprint density at radius 3 is 2.48 bits per heavy atom. The minimum absolute atomic E-state index is 0.0851. The zero-order valence-corrected chi connectivity index (χ0v) is 16.0. The van der Waals surface area contributed by atoms with Gasteiger partial charge in [0.25, 0.3) is 5.91 Å². The molecule has 3 rings (SSSR count). The van der Waals surface area contributed by atoms with Crippen molar-refractivity contribution in [1.82, 2.24) is 9.80 Å². The fraction of sp³-hybridized carbons (Fsp3) is 0.333. The van der Waals surface area contributed by atoms with Crippen LogP contribution in [0, 0.1) is 5.82 Å². The molecule has 0 spiro atoms. The first-order valence-electron chi connectivity index (χ1n) is 8.33. The number of carbonyl (C=O) groups is 2. The number of amides is 2. The molecule has 0 unspecified atom stereocenters. The van der Waals surface area contributed by atoms with Crippen LogP contribution in [0.25, 0.3) is 0 Å². The first-order valence-corrected chi connectivity index (χ1v) is 10.2. The van der Waals surface area contributed by atoms with Gasteiger partial charge in [0, 0.05) is 42.0 Å². The highest BCUT2D eigenvalue weighted by molar-refractivity contribution is 7.84. The van der Waals surface area contributed by atoms with Gasteiger partial charge in [0.1, 0.15) is 11.6 Å². The van der Waals surface area contributed by atoms with Crippen LogP contribution in [-0.2, 0) is 21.3 Å². The molecule has 1 atom stereocenters. The summed E-state index contributed by atoms with van der Waals surface area (Å²) < 4.78 is 30.4. The Labute approximate surface area is 163 Å². The number of hydrogen-bond donors (Lipinski definition) is 0. The minimum atomic E-state index is -1.46. The molecule has 0 radical (unpaired) electrons. The van der Waals surface area contributed by atoms with Gasteiger partial charge < -0.3 is 14.2 Å². The fourth-order valence-corrected chi connectivity index (χ4v) is 4.28. The Hall–Kier alpha value is -2.19. The molecule has 0 aliphatic carbocycles. The SMILES string of the molecule is O=C(C[S@](=O)Cc1ccc(F)cc1Cl)N1CCN(C(=O)c2ccco2)CC1. The quantitative estimate of drug-likeness (QED) is 0.755. The zero-order valence-electron chi connectivity index (χ0n) is 14.4. The van der Waals surface area contributed by atoms with Crippen molar-refractivity contribution in [1.29, 1.82) is 0 Å². The number of halogens is 2. The van der Waals surface area contributed by atoms with Crippen molar-refractivity contribution in [2.75, 3.05) is 31.9 Å². The molecule has 2 aromatic rings. The van der Waals surface area contributed by atoms with Gasteiger partial charge in [0.15, 0.2) is 5.76 Å². The van der Waals surface area contributed by atoms with Crippen molar-refractivity contribution in [2.24, 2.45) is 0 Å². The van der Waals surface area contributed by atoms with Crippen LogP contribution in [0.5, 0.6) is 0 Å². The van der Waals surface area contributed by atoms with Crippen molar-refractivity contribution in [3.05, 3.63) is 58.8 Å². The van der Waals surface area contributed by atoms with Crippen LogP contribution in [-0.4, -0.2) is 57.8 Å². The predicted molar refractivity (Wildman–Crippen MR) is 99.3 cm³/mol. The van der Waals surface area contributed by atoms with E-state index in [0.717, 1.165) is 6.07 Å². The summed E-state index contributed by atoms with van der Waals surface area (Å²) in [4.78, 5) is 27.8. The summed E-state index contributed by atoms with van der Waals surface area (Å²) >= 11 is 5.93. The Morgan fingerprint density at radius 1 is 1.15 bits per heavy atom. The maximum absolute atomic E-state index is 13.1. The molecule has 2 heterocycles. The number of carbonyl (C=O) groups excluding carboxylic acids is 2. The maximum atomic E-state index is 13.1. The van der Waals surface area contributed by atoms with Gasteiger partial charge in [0.05, 0.1) is 12.0 Å². The van der Waals surface area contributed by atoms with E-state index < -0.39 is 16.6 Å². The third-order valence-electron chi connectivity index (χ3n) is 4.27. The molecule has 9 heteroatoms. The molecule has 1 aliphatic heterocycles. The van der Waals surface area contributed by atoms with Crippen LogP contribution in [0.15, 0.2) is 41.0 Å². The second-order valence-corrected chi connectivity index (χ2v) is 7.98. The summed E-state index contributed by atoms with van der Waals surface area (Å²) in [5.74, 6) is -0.695. The molecule has 1 aromatic heterocycles. The monoisotopic (exact) mass is 412 g/mol. The van der Waals surface area contributed by atoms with E-state index in [2.05, 4.69) is 0 Å². The van der Waals surface area contributed by atoms with Crippen LogP contribution in [0.1, 0.15) is 16.1 Å². The van der Waals surface area contributed by atoms with Gasteiger partial charge in [-0.1, -0.05) is 17.7 Å². The van der Waals surface area contributed by atoms with E-state index in [1.807, 2.05) is 0 Å². The highest BCUT2D eigenvalue weighted by atomic mass is 35.5. The normalized spacial score (nSPS) is 15.6. The van der Waals surface area contributed by atoms with Gasteiger partial charge in [-0.15, -0.1) is 0 Å². The van der Waals surface area contributed by atoms with Crippen LogP contribution in [0.4, 0.5) is 4.39 Å². The summed E-state index contributed by atoms with van der Waals surface area (Å²) in [6.45, 7) is 1.53. The van der Waals surface area contributed by atoms with E-state index in [1.54, 1.807) is 21.9 Å². The van der Waals surface area contributed by atoms with Gasteiger partial charge in [-0.2, -0.15) is 0 Å². The lowest BCUT2D eigenvalue weighted by molar-refractivity contribution is -0.129. The number of hydrogen-bond acceptors (Lipinski definition) is 4. The third kappa shape index (κ3) is 4.95. The number of benzene rings is 1. The van der Waals surface area contributed by atoms with Crippen LogP contribution in [0.3, 0.4) is 0 Å². The van der Waals surface area contributed by atoms with E-state index in [0.29, 0.717) is 31.7 Å². The predicted octanol–water partition coefficient (Wildman–Crippen LogP) is 2.31. The molecule has 27 heavy (non-hydrogen) atoms. The van der Waals surface area contributed by atoms with Gasteiger partial charge >= 0.3 is 0 Å². The molecular weight excluding hydrogens is 395 g/mol. The Balaban J connectivity index is 1.49. The maximum Gasteiger partial charge on any atom is 0.289 e. The zero-order chi connectivity index (χ0) is 19.4. The Morgan fingerprint density at radius 2 is 1.85 bits per heavy atom. The summed E-state index contributed by atoms with van der Waals surface area (Å²) in [6, 6.07) is 7.12. The fourth-order valence-electron chi connectivity index (χ4n) is 2.81. The molecule has 1 fully saturated rings. The highest BCUT2D eigenvalue weighted by Crippen LogP contribution is 2.19. The molecule has 2 amide bonds. The van der Waals surface area contributed by atoms with Crippen molar-refractivity contribution in [3.63, 3.8) is 0 Å². The van der Waals surface area contributed by atoms with E-state index in [9.17, 15) is 18.2 Å². The summed E-state index contributed by atoms with van der Waals surface area (Å²) in [5, 5.41) is 0.195. The summed E-state index contributed by atoms with van der Waals surface area (Å²) in [6.07, 6.45) is 1.44. The van der Waals surface area contributed by atoms with E-state index in [4.69, 9.17) is 16.0 Å². The molecule has 144 valence electrons. The van der Waals surface area contributed by atoms with Gasteiger partial charge in [0.2, 0.25) is 5.91 Å². The molecule has 1 saturated heterocycles. The highest BCUT2D eigenvalue weighted by Gasteiger charge is 2.26. The van der Waals surface area contributed by atoms with Gasteiger partial charge in [-0.25, -0.2) is 4.39 Å². The van der Waals surface area contributed by atoms with Crippen LogP contribution < -0.4 is 0 Å². The number of rotatable bonds is 5. The lowest BCUT2D eigenvalue weighted by Gasteiger charge is -2.34. The smallest absolute Gasteiger partial charge is 0.289 e.